The maximum Gasteiger partial charge on any atom is 0.416 e. The van der Waals surface area contributed by atoms with E-state index in [0.29, 0.717) is 33.5 Å². The standard InChI is InChI=1S/C17H15F3N2OS.C14H8ClF3N2S/c1-9(2)23-16-21-13-7-10(3)24-15(13)14(22-16)11-5-4-6-12(8-11)17(18,19)20;1-7-5-10-12(21-7)11(20-13(15)19-10)8-3-2-4-9(6-8)14(16,17)18/h4-9H,1-3H3;2-6H,1H3. The summed E-state index contributed by atoms with van der Waals surface area (Å²) >= 11 is 8.76. The van der Waals surface area contributed by atoms with Crippen molar-refractivity contribution in [3.05, 3.63) is 86.8 Å². The number of halogens is 7. The lowest BCUT2D eigenvalue weighted by Crippen LogP contribution is -2.09. The van der Waals surface area contributed by atoms with Gasteiger partial charge < -0.3 is 4.74 Å². The summed E-state index contributed by atoms with van der Waals surface area (Å²) in [4.78, 5) is 18.9. The average molecular weight is 681 g/mol. The number of rotatable bonds is 4. The average Bonchev–Trinajstić information content (AvgIpc) is 3.52. The van der Waals surface area contributed by atoms with E-state index in [2.05, 4.69) is 19.9 Å². The predicted octanol–water partition coefficient (Wildman–Crippen LogP) is 10.8. The highest BCUT2D eigenvalue weighted by molar-refractivity contribution is 7.19. The van der Waals surface area contributed by atoms with E-state index in [1.54, 1.807) is 12.1 Å². The summed E-state index contributed by atoms with van der Waals surface area (Å²) in [6.07, 6.45) is -8.92. The highest BCUT2D eigenvalue weighted by Crippen LogP contribution is 2.38. The van der Waals surface area contributed by atoms with Crippen molar-refractivity contribution in [2.45, 2.75) is 46.2 Å². The Morgan fingerprint density at radius 2 is 1.13 bits per heavy atom. The zero-order chi connectivity index (χ0) is 32.7. The molecule has 0 N–H and O–H groups in total. The molecule has 234 valence electrons. The topological polar surface area (TPSA) is 60.8 Å². The van der Waals surface area contributed by atoms with Crippen molar-refractivity contribution in [3.8, 4) is 28.5 Å². The number of nitrogens with zero attached hydrogens (tertiary/aromatic N) is 4. The molecule has 0 bridgehead atoms. The lowest BCUT2D eigenvalue weighted by atomic mass is 10.1. The van der Waals surface area contributed by atoms with Crippen LogP contribution in [-0.2, 0) is 12.4 Å². The van der Waals surface area contributed by atoms with Crippen LogP contribution in [0.5, 0.6) is 6.01 Å². The zero-order valence-corrected chi connectivity index (χ0v) is 26.4. The first-order chi connectivity index (χ1) is 21.1. The van der Waals surface area contributed by atoms with Crippen LogP contribution in [0, 0.1) is 13.8 Å². The molecule has 0 saturated heterocycles. The monoisotopic (exact) mass is 680 g/mol. The van der Waals surface area contributed by atoms with Crippen LogP contribution >= 0.6 is 34.3 Å². The minimum atomic E-state index is -4.40. The summed E-state index contributed by atoms with van der Waals surface area (Å²) in [6.45, 7) is 7.51. The Balaban J connectivity index is 0.000000179. The molecule has 6 aromatic rings. The van der Waals surface area contributed by atoms with Gasteiger partial charge in [-0.05, 0) is 75.7 Å². The van der Waals surface area contributed by atoms with E-state index >= 15 is 0 Å². The molecule has 2 aromatic carbocycles. The van der Waals surface area contributed by atoms with E-state index in [0.717, 1.165) is 43.4 Å². The highest BCUT2D eigenvalue weighted by atomic mass is 35.5. The fourth-order valence-electron chi connectivity index (χ4n) is 4.39. The third-order valence-corrected chi connectivity index (χ3v) is 8.47. The molecule has 6 rings (SSSR count). The Bertz CT molecular complexity index is 2000. The molecule has 45 heavy (non-hydrogen) atoms. The van der Waals surface area contributed by atoms with E-state index in [-0.39, 0.29) is 17.4 Å². The van der Waals surface area contributed by atoms with Crippen molar-refractivity contribution in [1.82, 2.24) is 19.9 Å². The van der Waals surface area contributed by atoms with Gasteiger partial charge in [0.15, 0.2) is 0 Å². The largest absolute Gasteiger partial charge is 0.461 e. The van der Waals surface area contributed by atoms with E-state index in [4.69, 9.17) is 16.3 Å². The van der Waals surface area contributed by atoms with Crippen LogP contribution in [0.25, 0.3) is 42.9 Å². The first kappa shape index (κ1) is 32.6. The number of aryl methyl sites for hydroxylation is 2. The fourth-order valence-corrected chi connectivity index (χ4v) is 6.49. The molecule has 14 heteroatoms. The number of fused-ring (bicyclic) bond motifs is 2. The van der Waals surface area contributed by atoms with Gasteiger partial charge >= 0.3 is 18.4 Å². The summed E-state index contributed by atoms with van der Waals surface area (Å²) in [5, 5.41) is 0.0210. The van der Waals surface area contributed by atoms with Gasteiger partial charge in [0.2, 0.25) is 5.28 Å². The van der Waals surface area contributed by atoms with Gasteiger partial charge in [0.1, 0.15) is 0 Å². The summed E-state index contributed by atoms with van der Waals surface area (Å²) in [6, 6.07) is 14.1. The Hall–Kier alpha value is -3.81. The second kappa shape index (κ2) is 12.5. The summed E-state index contributed by atoms with van der Waals surface area (Å²) in [5.74, 6) is 0. The van der Waals surface area contributed by atoms with Gasteiger partial charge in [0, 0.05) is 20.9 Å². The highest BCUT2D eigenvalue weighted by Gasteiger charge is 2.32. The Labute approximate surface area is 266 Å². The van der Waals surface area contributed by atoms with Gasteiger partial charge in [0.25, 0.3) is 0 Å². The van der Waals surface area contributed by atoms with Crippen LogP contribution in [-0.4, -0.2) is 26.0 Å². The van der Waals surface area contributed by atoms with E-state index < -0.39 is 23.5 Å². The summed E-state index contributed by atoms with van der Waals surface area (Å²) < 4.78 is 84.5. The number of aromatic nitrogens is 4. The summed E-state index contributed by atoms with van der Waals surface area (Å²) in [7, 11) is 0. The maximum atomic E-state index is 13.0. The predicted molar refractivity (Wildman–Crippen MR) is 166 cm³/mol. The van der Waals surface area contributed by atoms with Gasteiger partial charge in [0.05, 0.1) is 49.1 Å². The van der Waals surface area contributed by atoms with Crippen LogP contribution in [0.15, 0.2) is 60.7 Å². The van der Waals surface area contributed by atoms with Crippen LogP contribution in [0.1, 0.15) is 34.7 Å². The minimum absolute atomic E-state index is 0.0210. The second-order valence-electron chi connectivity index (χ2n) is 10.2. The lowest BCUT2D eigenvalue weighted by molar-refractivity contribution is -0.138. The van der Waals surface area contributed by atoms with E-state index in [1.807, 2.05) is 39.8 Å². The van der Waals surface area contributed by atoms with Crippen molar-refractivity contribution in [2.24, 2.45) is 0 Å². The molecule has 0 unspecified atom stereocenters. The molecular weight excluding hydrogens is 658 g/mol. The number of alkyl halides is 6. The Morgan fingerprint density at radius 3 is 1.60 bits per heavy atom. The second-order valence-corrected chi connectivity index (χ2v) is 13.0. The molecule has 0 radical (unpaired) electrons. The van der Waals surface area contributed by atoms with Crippen LogP contribution in [0.3, 0.4) is 0 Å². The maximum absolute atomic E-state index is 13.0. The fraction of sp³-hybridized carbons (Fsp3) is 0.226. The van der Waals surface area contributed by atoms with Gasteiger partial charge in [-0.15, -0.1) is 22.7 Å². The van der Waals surface area contributed by atoms with Gasteiger partial charge in [-0.1, -0.05) is 24.3 Å². The first-order valence-electron chi connectivity index (χ1n) is 13.3. The normalized spacial score (nSPS) is 12.1. The third kappa shape index (κ3) is 7.54. The Morgan fingerprint density at radius 1 is 0.667 bits per heavy atom. The molecule has 0 amide bonds. The summed E-state index contributed by atoms with van der Waals surface area (Å²) in [5.41, 5.74) is 1.56. The van der Waals surface area contributed by atoms with Crippen molar-refractivity contribution in [1.29, 1.82) is 0 Å². The van der Waals surface area contributed by atoms with E-state index in [9.17, 15) is 26.3 Å². The molecule has 0 aliphatic heterocycles. The number of benzene rings is 2. The number of hydrogen-bond donors (Lipinski definition) is 0. The van der Waals surface area contributed by atoms with Gasteiger partial charge in [-0.25, -0.2) is 9.97 Å². The molecule has 0 saturated carbocycles. The molecule has 0 fully saturated rings. The molecule has 4 aromatic heterocycles. The molecule has 0 atom stereocenters. The molecule has 0 aliphatic carbocycles. The molecular formula is C31H23ClF6N4OS2. The van der Waals surface area contributed by atoms with Crippen molar-refractivity contribution < 1.29 is 31.1 Å². The SMILES string of the molecule is Cc1cc2nc(Cl)nc(-c3cccc(C(F)(F)F)c3)c2s1.Cc1cc2nc(OC(C)C)nc(-c3cccc(C(F)(F)F)c3)c2s1. The van der Waals surface area contributed by atoms with Crippen LogP contribution < -0.4 is 4.74 Å². The zero-order valence-electron chi connectivity index (χ0n) is 24.0. The first-order valence-corrected chi connectivity index (χ1v) is 15.3. The third-order valence-electron chi connectivity index (χ3n) is 6.21. The number of hydrogen-bond acceptors (Lipinski definition) is 7. The van der Waals surface area contributed by atoms with Gasteiger partial charge in [-0.2, -0.15) is 36.3 Å². The van der Waals surface area contributed by atoms with Crippen molar-refractivity contribution in [2.75, 3.05) is 0 Å². The molecule has 0 spiro atoms. The van der Waals surface area contributed by atoms with Gasteiger partial charge in [-0.3, -0.25) is 0 Å². The Kier molecular flexibility index (Phi) is 9.07. The molecule has 0 aliphatic rings. The van der Waals surface area contributed by atoms with Crippen molar-refractivity contribution in [3.63, 3.8) is 0 Å². The minimum Gasteiger partial charge on any atom is -0.461 e. The van der Waals surface area contributed by atoms with Crippen LogP contribution in [0.4, 0.5) is 26.3 Å². The quantitative estimate of drug-likeness (QED) is 0.137. The smallest absolute Gasteiger partial charge is 0.416 e. The molecule has 4 heterocycles. The number of ether oxygens (including phenoxy) is 1. The van der Waals surface area contributed by atoms with Crippen molar-refractivity contribution >= 4 is 54.7 Å². The van der Waals surface area contributed by atoms with E-state index in [1.165, 1.54) is 34.8 Å². The number of thiophene rings is 2. The van der Waals surface area contributed by atoms with Crippen LogP contribution in [0.2, 0.25) is 5.28 Å². The lowest BCUT2D eigenvalue weighted by Gasteiger charge is -2.11. The molecule has 5 nitrogen and oxygen atoms in total.